The van der Waals surface area contributed by atoms with E-state index in [1.54, 1.807) is 13.0 Å². The molecule has 0 saturated heterocycles. The molecule has 0 aromatic heterocycles. The topological polar surface area (TPSA) is 50.1 Å². The van der Waals surface area contributed by atoms with Gasteiger partial charge in [-0.3, -0.25) is 4.79 Å². The van der Waals surface area contributed by atoms with Crippen LogP contribution in [-0.2, 0) is 27.5 Å². The van der Waals surface area contributed by atoms with E-state index in [1.807, 2.05) is 0 Å². The maximum absolute atomic E-state index is 13.2. The highest BCUT2D eigenvalue weighted by Crippen LogP contribution is 2.37. The van der Waals surface area contributed by atoms with Crippen molar-refractivity contribution in [3.63, 3.8) is 0 Å². The highest BCUT2D eigenvalue weighted by molar-refractivity contribution is 9.08. The lowest BCUT2D eigenvalue weighted by Gasteiger charge is -2.17. The third-order valence-electron chi connectivity index (χ3n) is 2.58. The predicted molar refractivity (Wildman–Crippen MR) is 69.1 cm³/mol. The molecule has 0 aliphatic heterocycles. The number of nitrogens with zero attached hydrogens (tertiary/aromatic N) is 1. The number of hydrogen-bond acceptors (Lipinski definition) is 3. The third-order valence-corrected chi connectivity index (χ3v) is 3.14. The summed E-state index contributed by atoms with van der Waals surface area (Å²) in [6, 6.07) is 4.14. The molecular weight excluding hydrogens is 339 g/mol. The third kappa shape index (κ3) is 3.73. The van der Waals surface area contributed by atoms with Crippen molar-refractivity contribution < 1.29 is 22.7 Å². The first-order chi connectivity index (χ1) is 9.35. The van der Waals surface area contributed by atoms with Crippen molar-refractivity contribution in [1.29, 1.82) is 5.26 Å². The molecule has 20 heavy (non-hydrogen) atoms. The van der Waals surface area contributed by atoms with Crippen molar-refractivity contribution >= 4 is 21.9 Å². The van der Waals surface area contributed by atoms with Crippen LogP contribution in [-0.4, -0.2) is 12.6 Å². The lowest BCUT2D eigenvalue weighted by Crippen LogP contribution is -2.17. The van der Waals surface area contributed by atoms with Crippen LogP contribution in [0.4, 0.5) is 13.2 Å². The second-order valence-electron chi connectivity index (χ2n) is 3.85. The number of halogens is 4. The van der Waals surface area contributed by atoms with E-state index in [-0.39, 0.29) is 28.6 Å². The maximum atomic E-state index is 13.2. The van der Waals surface area contributed by atoms with Gasteiger partial charge >= 0.3 is 12.1 Å². The summed E-state index contributed by atoms with van der Waals surface area (Å²) in [7, 11) is 0. The predicted octanol–water partition coefficient (Wildman–Crippen LogP) is 3.58. The first kappa shape index (κ1) is 16.5. The van der Waals surface area contributed by atoms with Crippen molar-refractivity contribution in [2.75, 3.05) is 6.61 Å². The molecule has 0 radical (unpaired) electrons. The standard InChI is InChI=1S/C13H11BrF3NO2/c1-2-20-11(19)5-8-3-4-9(7-18)10(6-14)12(8)13(15,16)17/h3-4H,2,5-6H2,1H3. The number of nitriles is 1. The van der Waals surface area contributed by atoms with Crippen LogP contribution in [0.5, 0.6) is 0 Å². The Kier molecular flexibility index (Phi) is 5.57. The second-order valence-corrected chi connectivity index (χ2v) is 4.41. The molecule has 1 rings (SSSR count). The van der Waals surface area contributed by atoms with Gasteiger partial charge in [0.1, 0.15) is 0 Å². The van der Waals surface area contributed by atoms with Gasteiger partial charge in [-0.05, 0) is 24.1 Å². The molecule has 0 N–H and O–H groups in total. The van der Waals surface area contributed by atoms with Gasteiger partial charge in [0.15, 0.2) is 0 Å². The van der Waals surface area contributed by atoms with Gasteiger partial charge in [-0.25, -0.2) is 0 Å². The Labute approximate surface area is 122 Å². The fourth-order valence-corrected chi connectivity index (χ4v) is 2.39. The fourth-order valence-electron chi connectivity index (χ4n) is 1.81. The van der Waals surface area contributed by atoms with Gasteiger partial charge in [0.05, 0.1) is 30.2 Å². The van der Waals surface area contributed by atoms with Gasteiger partial charge in [-0.1, -0.05) is 22.0 Å². The Hall–Kier alpha value is -1.55. The van der Waals surface area contributed by atoms with Crippen LogP contribution in [0.1, 0.15) is 29.2 Å². The number of alkyl halides is 4. The number of ether oxygens (including phenoxy) is 1. The number of carbonyl (C=O) groups excluding carboxylic acids is 1. The van der Waals surface area contributed by atoms with Crippen molar-refractivity contribution in [1.82, 2.24) is 0 Å². The summed E-state index contributed by atoms with van der Waals surface area (Å²) in [6.07, 6.45) is -5.12. The van der Waals surface area contributed by atoms with Gasteiger partial charge in [0.25, 0.3) is 0 Å². The quantitative estimate of drug-likeness (QED) is 0.616. The summed E-state index contributed by atoms with van der Waals surface area (Å²) in [6.45, 7) is 1.67. The summed E-state index contributed by atoms with van der Waals surface area (Å²) in [5.74, 6) is -0.733. The molecule has 3 nitrogen and oxygen atoms in total. The number of carbonyl (C=O) groups is 1. The van der Waals surface area contributed by atoms with E-state index < -0.39 is 24.1 Å². The molecular formula is C13H11BrF3NO2. The van der Waals surface area contributed by atoms with Gasteiger partial charge in [-0.2, -0.15) is 18.4 Å². The van der Waals surface area contributed by atoms with Gasteiger partial charge in [0, 0.05) is 5.33 Å². The summed E-state index contributed by atoms with van der Waals surface area (Å²) in [4.78, 5) is 11.4. The molecule has 0 bridgehead atoms. The van der Waals surface area contributed by atoms with Crippen LogP contribution in [0, 0.1) is 11.3 Å². The van der Waals surface area contributed by atoms with Gasteiger partial charge in [-0.15, -0.1) is 0 Å². The number of benzene rings is 1. The second kappa shape index (κ2) is 6.75. The SMILES string of the molecule is CCOC(=O)Cc1ccc(C#N)c(CBr)c1C(F)(F)F. The first-order valence-corrected chi connectivity index (χ1v) is 6.80. The van der Waals surface area contributed by atoms with Crippen molar-refractivity contribution in [2.24, 2.45) is 0 Å². The largest absolute Gasteiger partial charge is 0.466 e. The van der Waals surface area contributed by atoms with E-state index in [4.69, 9.17) is 5.26 Å². The lowest BCUT2D eigenvalue weighted by atomic mass is 9.95. The average molecular weight is 350 g/mol. The van der Waals surface area contributed by atoms with Crippen molar-refractivity contribution in [3.05, 3.63) is 34.4 Å². The molecule has 108 valence electrons. The zero-order valence-corrected chi connectivity index (χ0v) is 12.1. The van der Waals surface area contributed by atoms with E-state index >= 15 is 0 Å². The summed E-state index contributed by atoms with van der Waals surface area (Å²) >= 11 is 2.96. The summed E-state index contributed by atoms with van der Waals surface area (Å²) in [5.41, 5.74) is -1.37. The van der Waals surface area contributed by atoms with Crippen LogP contribution in [0.3, 0.4) is 0 Å². The highest BCUT2D eigenvalue weighted by atomic mass is 79.9. The first-order valence-electron chi connectivity index (χ1n) is 5.68. The number of rotatable bonds is 4. The minimum Gasteiger partial charge on any atom is -0.466 e. The highest BCUT2D eigenvalue weighted by Gasteiger charge is 2.37. The molecule has 1 aromatic carbocycles. The maximum Gasteiger partial charge on any atom is 0.417 e. The lowest BCUT2D eigenvalue weighted by molar-refractivity contribution is -0.143. The molecule has 0 aliphatic rings. The van der Waals surface area contributed by atoms with E-state index in [1.165, 1.54) is 6.07 Å². The van der Waals surface area contributed by atoms with E-state index in [9.17, 15) is 18.0 Å². The summed E-state index contributed by atoms with van der Waals surface area (Å²) < 4.78 is 44.2. The van der Waals surface area contributed by atoms with Crippen molar-refractivity contribution in [3.8, 4) is 6.07 Å². The molecule has 0 fully saturated rings. The molecule has 1 aromatic rings. The Balaban J connectivity index is 3.38. The van der Waals surface area contributed by atoms with Gasteiger partial charge in [0.2, 0.25) is 0 Å². The van der Waals surface area contributed by atoms with E-state index in [2.05, 4.69) is 20.7 Å². The molecule has 0 spiro atoms. The average Bonchev–Trinajstić information content (AvgIpc) is 2.36. The Bertz CT molecular complexity index is 550. The van der Waals surface area contributed by atoms with Crippen LogP contribution in [0.25, 0.3) is 0 Å². The van der Waals surface area contributed by atoms with Gasteiger partial charge < -0.3 is 4.74 Å². The van der Waals surface area contributed by atoms with Crippen molar-refractivity contribution in [2.45, 2.75) is 24.9 Å². The molecule has 0 unspecified atom stereocenters. The summed E-state index contributed by atoms with van der Waals surface area (Å²) in [5, 5.41) is 8.74. The minimum atomic E-state index is -4.64. The molecule has 0 atom stereocenters. The van der Waals surface area contributed by atoms with Crippen LogP contribution >= 0.6 is 15.9 Å². The Morgan fingerprint density at radius 3 is 2.55 bits per heavy atom. The van der Waals surface area contributed by atoms with Crippen LogP contribution in [0.2, 0.25) is 0 Å². The van der Waals surface area contributed by atoms with E-state index in [0.717, 1.165) is 6.07 Å². The molecule has 0 heterocycles. The zero-order valence-electron chi connectivity index (χ0n) is 10.6. The number of esters is 1. The monoisotopic (exact) mass is 349 g/mol. The molecule has 0 aliphatic carbocycles. The Morgan fingerprint density at radius 2 is 2.10 bits per heavy atom. The fraction of sp³-hybridized carbons (Fsp3) is 0.385. The smallest absolute Gasteiger partial charge is 0.417 e. The number of hydrogen-bond donors (Lipinski definition) is 0. The minimum absolute atomic E-state index is 0.0678. The molecule has 7 heteroatoms. The van der Waals surface area contributed by atoms with Crippen LogP contribution in [0.15, 0.2) is 12.1 Å². The zero-order chi connectivity index (χ0) is 15.3. The molecule has 0 saturated carbocycles. The van der Waals surface area contributed by atoms with Crippen LogP contribution < -0.4 is 0 Å². The van der Waals surface area contributed by atoms with E-state index in [0.29, 0.717) is 0 Å². The normalized spacial score (nSPS) is 11.0. The molecule has 0 amide bonds. The Morgan fingerprint density at radius 1 is 1.45 bits per heavy atom.